The van der Waals surface area contributed by atoms with Gasteiger partial charge in [0.1, 0.15) is 11.5 Å². The Kier molecular flexibility index (Phi) is 6.87. The van der Waals surface area contributed by atoms with E-state index in [-0.39, 0.29) is 16.8 Å². The van der Waals surface area contributed by atoms with Crippen molar-refractivity contribution >= 4 is 28.8 Å². The number of non-ortho nitro benzene ring substituents is 1. The first kappa shape index (κ1) is 24.7. The van der Waals surface area contributed by atoms with Gasteiger partial charge in [0.2, 0.25) is 0 Å². The van der Waals surface area contributed by atoms with Crippen LogP contribution >= 0.6 is 0 Å². The summed E-state index contributed by atoms with van der Waals surface area (Å²) in [4.78, 5) is 38.3. The van der Waals surface area contributed by atoms with Crippen LogP contribution in [0.1, 0.15) is 36.6 Å². The minimum Gasteiger partial charge on any atom is -0.507 e. The minimum absolute atomic E-state index is 0.0923. The number of ketones is 1. The minimum atomic E-state index is -0.901. The van der Waals surface area contributed by atoms with Crippen LogP contribution in [0.4, 0.5) is 11.4 Å². The molecule has 0 spiro atoms. The van der Waals surface area contributed by atoms with E-state index < -0.39 is 28.4 Å². The fourth-order valence-electron chi connectivity index (χ4n) is 4.03. The zero-order chi connectivity index (χ0) is 26.0. The second-order valence-electron chi connectivity index (χ2n) is 9.08. The van der Waals surface area contributed by atoms with E-state index in [4.69, 9.17) is 4.74 Å². The normalized spacial score (nSPS) is 17.0. The van der Waals surface area contributed by atoms with E-state index in [0.29, 0.717) is 29.5 Å². The maximum Gasteiger partial charge on any atom is 0.300 e. The molecule has 1 N–H and O–H groups in total. The summed E-state index contributed by atoms with van der Waals surface area (Å²) >= 11 is 0. The number of hydrogen-bond donors (Lipinski definition) is 1. The molecule has 0 radical (unpaired) electrons. The van der Waals surface area contributed by atoms with Gasteiger partial charge in [0.15, 0.2) is 0 Å². The number of aliphatic hydroxyl groups excluding tert-OH is 1. The number of amides is 1. The molecular formula is C28H26N2O6. The zero-order valence-electron chi connectivity index (χ0n) is 20.2. The molecule has 184 valence electrons. The highest BCUT2D eigenvalue weighted by molar-refractivity contribution is 6.51. The second kappa shape index (κ2) is 10.0. The number of ether oxygens (including phenoxy) is 1. The van der Waals surface area contributed by atoms with Gasteiger partial charge in [-0.3, -0.25) is 24.6 Å². The Balaban J connectivity index is 1.83. The Bertz CT molecular complexity index is 1330. The van der Waals surface area contributed by atoms with Crippen molar-refractivity contribution in [3.05, 3.63) is 105 Å². The van der Waals surface area contributed by atoms with Crippen LogP contribution in [-0.4, -0.2) is 28.3 Å². The van der Waals surface area contributed by atoms with Crippen molar-refractivity contribution in [3.63, 3.8) is 0 Å². The van der Waals surface area contributed by atoms with Crippen molar-refractivity contribution in [2.24, 2.45) is 5.92 Å². The molecule has 3 aromatic rings. The van der Waals surface area contributed by atoms with E-state index in [1.165, 1.54) is 29.2 Å². The largest absolute Gasteiger partial charge is 0.507 e. The topological polar surface area (TPSA) is 110 Å². The van der Waals surface area contributed by atoms with Gasteiger partial charge in [0.25, 0.3) is 17.4 Å². The maximum absolute atomic E-state index is 13.2. The number of nitro groups is 1. The van der Waals surface area contributed by atoms with Crippen LogP contribution in [0.2, 0.25) is 0 Å². The lowest BCUT2D eigenvalue weighted by molar-refractivity contribution is -0.384. The van der Waals surface area contributed by atoms with Crippen molar-refractivity contribution in [1.82, 2.24) is 0 Å². The number of anilines is 1. The van der Waals surface area contributed by atoms with Crippen molar-refractivity contribution < 1.29 is 24.4 Å². The van der Waals surface area contributed by atoms with Gasteiger partial charge in [-0.2, -0.15) is 0 Å². The summed E-state index contributed by atoms with van der Waals surface area (Å²) in [6, 6.07) is 18.5. The molecule has 1 unspecified atom stereocenters. The van der Waals surface area contributed by atoms with E-state index in [0.717, 1.165) is 5.56 Å². The second-order valence-corrected chi connectivity index (χ2v) is 9.08. The van der Waals surface area contributed by atoms with E-state index in [1.54, 1.807) is 36.4 Å². The fourth-order valence-corrected chi connectivity index (χ4v) is 4.03. The molecular weight excluding hydrogens is 460 g/mol. The first-order valence-corrected chi connectivity index (χ1v) is 11.5. The Morgan fingerprint density at radius 3 is 2.17 bits per heavy atom. The third-order valence-corrected chi connectivity index (χ3v) is 5.89. The molecule has 1 fully saturated rings. The summed E-state index contributed by atoms with van der Waals surface area (Å²) in [5.74, 6) is -1.01. The lowest BCUT2D eigenvalue weighted by atomic mass is 9.95. The molecule has 8 heteroatoms. The molecule has 0 bridgehead atoms. The Labute approximate surface area is 208 Å². The van der Waals surface area contributed by atoms with Crippen LogP contribution in [0.3, 0.4) is 0 Å². The molecule has 36 heavy (non-hydrogen) atoms. The summed E-state index contributed by atoms with van der Waals surface area (Å²) in [7, 11) is 0. The first-order chi connectivity index (χ1) is 17.2. The number of benzene rings is 3. The molecule has 0 saturated carbocycles. The number of carbonyl (C=O) groups is 2. The molecule has 1 atom stereocenters. The van der Waals surface area contributed by atoms with Gasteiger partial charge in [0, 0.05) is 23.4 Å². The lowest BCUT2D eigenvalue weighted by Crippen LogP contribution is -2.29. The highest BCUT2D eigenvalue weighted by atomic mass is 16.6. The zero-order valence-corrected chi connectivity index (χ0v) is 20.2. The third-order valence-electron chi connectivity index (χ3n) is 5.89. The van der Waals surface area contributed by atoms with Crippen LogP contribution in [0, 0.1) is 23.0 Å². The Hall–Kier alpha value is -4.46. The molecule has 1 saturated heterocycles. The van der Waals surface area contributed by atoms with Crippen molar-refractivity contribution in [1.29, 1.82) is 0 Å². The Morgan fingerprint density at radius 1 is 1.00 bits per heavy atom. The predicted molar refractivity (Wildman–Crippen MR) is 136 cm³/mol. The van der Waals surface area contributed by atoms with Gasteiger partial charge in [-0.1, -0.05) is 43.7 Å². The van der Waals surface area contributed by atoms with Gasteiger partial charge >= 0.3 is 0 Å². The van der Waals surface area contributed by atoms with Crippen LogP contribution in [0.15, 0.2) is 78.4 Å². The van der Waals surface area contributed by atoms with Gasteiger partial charge in [0.05, 0.1) is 23.1 Å². The number of nitro benzene ring substituents is 1. The molecule has 1 aliphatic rings. The summed E-state index contributed by atoms with van der Waals surface area (Å²) < 4.78 is 5.76. The number of rotatable bonds is 7. The van der Waals surface area contributed by atoms with E-state index in [9.17, 15) is 24.8 Å². The molecule has 0 aliphatic carbocycles. The van der Waals surface area contributed by atoms with Gasteiger partial charge < -0.3 is 9.84 Å². The van der Waals surface area contributed by atoms with Crippen molar-refractivity contribution in [3.8, 4) is 5.75 Å². The highest BCUT2D eigenvalue weighted by Gasteiger charge is 2.47. The SMILES string of the molecule is Cc1ccc(N2C(=O)C(=O)/C(=C(\O)c3ccc([N+](=O)[O-])cc3)C2c2ccc(OCC(C)C)cc2)cc1. The van der Waals surface area contributed by atoms with Crippen LogP contribution in [0.25, 0.3) is 5.76 Å². The molecule has 0 aromatic heterocycles. The standard InChI is InChI=1S/C28H26N2O6/c1-17(2)16-36-23-14-8-19(9-15-23)25-24(26(31)20-6-12-22(13-7-20)30(34)35)27(32)28(33)29(25)21-10-4-18(3)5-11-21/h4-15,17,25,31H,16H2,1-3H3/b26-24-. The average Bonchev–Trinajstić information content (AvgIpc) is 3.13. The first-order valence-electron chi connectivity index (χ1n) is 11.5. The molecule has 4 rings (SSSR count). The number of aliphatic hydroxyl groups is 1. The third kappa shape index (κ3) is 4.84. The molecule has 1 amide bonds. The maximum atomic E-state index is 13.2. The lowest BCUT2D eigenvalue weighted by Gasteiger charge is -2.25. The number of hydrogen-bond acceptors (Lipinski definition) is 6. The number of Topliss-reactive ketones (excluding diaryl/α,β-unsaturated/α-hetero) is 1. The summed E-state index contributed by atoms with van der Waals surface area (Å²) in [6.07, 6.45) is 0. The smallest absolute Gasteiger partial charge is 0.300 e. The predicted octanol–water partition coefficient (Wildman–Crippen LogP) is 5.56. The summed E-state index contributed by atoms with van der Waals surface area (Å²) in [6.45, 7) is 6.55. The number of aryl methyl sites for hydroxylation is 1. The van der Waals surface area contributed by atoms with E-state index >= 15 is 0 Å². The number of nitrogens with zero attached hydrogens (tertiary/aromatic N) is 2. The molecule has 3 aromatic carbocycles. The monoisotopic (exact) mass is 486 g/mol. The van der Waals surface area contributed by atoms with Crippen molar-refractivity contribution in [2.45, 2.75) is 26.8 Å². The average molecular weight is 487 g/mol. The fraction of sp³-hybridized carbons (Fsp3) is 0.214. The van der Waals surface area contributed by atoms with Crippen LogP contribution in [-0.2, 0) is 9.59 Å². The van der Waals surface area contributed by atoms with Gasteiger partial charge in [-0.15, -0.1) is 0 Å². The highest BCUT2D eigenvalue weighted by Crippen LogP contribution is 2.42. The molecule has 1 aliphatic heterocycles. The molecule has 8 nitrogen and oxygen atoms in total. The van der Waals surface area contributed by atoms with Crippen LogP contribution in [0.5, 0.6) is 5.75 Å². The van der Waals surface area contributed by atoms with Gasteiger partial charge in [-0.25, -0.2) is 0 Å². The summed E-state index contributed by atoms with van der Waals surface area (Å²) in [5.41, 5.74) is 2.06. The summed E-state index contributed by atoms with van der Waals surface area (Å²) in [5, 5.41) is 22.2. The van der Waals surface area contributed by atoms with Crippen molar-refractivity contribution in [2.75, 3.05) is 11.5 Å². The van der Waals surface area contributed by atoms with E-state index in [1.807, 2.05) is 32.9 Å². The Morgan fingerprint density at radius 2 is 1.61 bits per heavy atom. The van der Waals surface area contributed by atoms with Crippen LogP contribution < -0.4 is 9.64 Å². The number of carbonyl (C=O) groups excluding carboxylic acids is 2. The molecule has 1 heterocycles. The van der Waals surface area contributed by atoms with Gasteiger partial charge in [-0.05, 0) is 54.8 Å². The van der Waals surface area contributed by atoms with E-state index in [2.05, 4.69) is 0 Å². The quantitative estimate of drug-likeness (QED) is 0.154.